The molecule has 0 spiro atoms. The molecule has 2 rings (SSSR count). The van der Waals surface area contributed by atoms with Crippen LogP contribution in [0.4, 0.5) is 0 Å². The van der Waals surface area contributed by atoms with E-state index < -0.39 is 18.5 Å². The Kier molecular flexibility index (Phi) is 6.00. The highest BCUT2D eigenvalue weighted by atomic mass is 16.5. The fourth-order valence-electron chi connectivity index (χ4n) is 2.49. The van der Waals surface area contributed by atoms with E-state index in [0.29, 0.717) is 0 Å². The number of carbonyl (C=O) groups excluding carboxylic acids is 2. The van der Waals surface area contributed by atoms with Gasteiger partial charge in [-0.2, -0.15) is 0 Å². The van der Waals surface area contributed by atoms with Gasteiger partial charge in [0.05, 0.1) is 13.2 Å². The van der Waals surface area contributed by atoms with Crippen LogP contribution in [0.25, 0.3) is 0 Å². The Labute approximate surface area is 146 Å². The summed E-state index contributed by atoms with van der Waals surface area (Å²) in [5, 5.41) is 12.7. The maximum atomic E-state index is 12.0. The number of rotatable bonds is 6. The summed E-state index contributed by atoms with van der Waals surface area (Å²) in [5.41, 5.74) is 2.00. The van der Waals surface area contributed by atoms with E-state index in [0.717, 1.165) is 11.1 Å². The van der Waals surface area contributed by atoms with E-state index in [1.807, 2.05) is 38.1 Å². The van der Waals surface area contributed by atoms with Gasteiger partial charge in [0.2, 0.25) is 0 Å². The molecule has 0 saturated carbocycles. The normalized spacial score (nSPS) is 11.5. The van der Waals surface area contributed by atoms with Crippen molar-refractivity contribution in [1.29, 1.82) is 0 Å². The molecule has 2 aromatic carbocycles. The lowest BCUT2D eigenvalue weighted by Crippen LogP contribution is -2.31. The molecule has 1 atom stereocenters. The van der Waals surface area contributed by atoms with Crippen molar-refractivity contribution in [3.8, 4) is 11.5 Å². The molecule has 6 nitrogen and oxygen atoms in total. The predicted octanol–water partition coefficient (Wildman–Crippen LogP) is 2.74. The van der Waals surface area contributed by atoms with Crippen molar-refractivity contribution in [3.05, 3.63) is 59.2 Å². The van der Waals surface area contributed by atoms with Gasteiger partial charge >= 0.3 is 5.97 Å². The van der Waals surface area contributed by atoms with Gasteiger partial charge in [-0.3, -0.25) is 4.79 Å². The van der Waals surface area contributed by atoms with Gasteiger partial charge in [0, 0.05) is 0 Å². The van der Waals surface area contributed by atoms with Crippen LogP contribution in [0.5, 0.6) is 11.5 Å². The molecule has 2 aromatic rings. The third-order valence-corrected chi connectivity index (χ3v) is 3.81. The van der Waals surface area contributed by atoms with Gasteiger partial charge < -0.3 is 19.9 Å². The molecule has 0 saturated heterocycles. The predicted molar refractivity (Wildman–Crippen MR) is 92.7 cm³/mol. The number of esters is 1. The van der Waals surface area contributed by atoms with Gasteiger partial charge in [0.1, 0.15) is 5.56 Å². The zero-order valence-electron chi connectivity index (χ0n) is 14.4. The van der Waals surface area contributed by atoms with E-state index in [-0.39, 0.29) is 23.1 Å². The van der Waals surface area contributed by atoms with E-state index in [4.69, 9.17) is 9.47 Å². The summed E-state index contributed by atoms with van der Waals surface area (Å²) in [6.45, 7) is 3.38. The lowest BCUT2D eigenvalue weighted by atomic mass is 10.0. The summed E-state index contributed by atoms with van der Waals surface area (Å²) in [4.78, 5) is 24.0. The van der Waals surface area contributed by atoms with Crippen molar-refractivity contribution in [1.82, 2.24) is 5.32 Å². The van der Waals surface area contributed by atoms with Gasteiger partial charge in [0.25, 0.3) is 5.91 Å². The topological polar surface area (TPSA) is 84.9 Å². The molecule has 25 heavy (non-hydrogen) atoms. The van der Waals surface area contributed by atoms with Crippen molar-refractivity contribution in [2.75, 3.05) is 13.7 Å². The molecule has 0 fully saturated rings. The fourth-order valence-corrected chi connectivity index (χ4v) is 2.49. The maximum Gasteiger partial charge on any atom is 0.342 e. The molecule has 0 aliphatic rings. The summed E-state index contributed by atoms with van der Waals surface area (Å²) < 4.78 is 9.91. The molecule has 0 bridgehead atoms. The first-order valence-corrected chi connectivity index (χ1v) is 7.82. The second kappa shape index (κ2) is 8.19. The molecular formula is C19H21NO5. The highest BCUT2D eigenvalue weighted by molar-refractivity contribution is 5.94. The number of phenolic OH excluding ortho intramolecular Hbond substituents is 1. The zero-order chi connectivity index (χ0) is 18.4. The van der Waals surface area contributed by atoms with Crippen molar-refractivity contribution in [3.63, 3.8) is 0 Å². The van der Waals surface area contributed by atoms with E-state index in [2.05, 4.69) is 5.32 Å². The maximum absolute atomic E-state index is 12.0. The van der Waals surface area contributed by atoms with E-state index >= 15 is 0 Å². The Morgan fingerprint density at radius 2 is 1.88 bits per heavy atom. The lowest BCUT2D eigenvalue weighted by molar-refractivity contribution is -0.124. The number of hydrogen-bond donors (Lipinski definition) is 2. The van der Waals surface area contributed by atoms with Gasteiger partial charge in [-0.1, -0.05) is 30.3 Å². The summed E-state index contributed by atoms with van der Waals surface area (Å²) in [7, 11) is 1.38. The quantitative estimate of drug-likeness (QED) is 0.788. The number of benzene rings is 2. The van der Waals surface area contributed by atoms with Gasteiger partial charge in [0.15, 0.2) is 18.1 Å². The minimum Gasteiger partial charge on any atom is -0.504 e. The molecule has 6 heteroatoms. The van der Waals surface area contributed by atoms with Gasteiger partial charge in [-0.05, 0) is 37.1 Å². The molecule has 0 heterocycles. The standard InChI is InChI=1S/C19H21NO5/c1-12-7-4-5-8-14(12)13(2)20-17(21)11-25-19(23)15-9-6-10-16(24-3)18(15)22/h4-10,13,22H,11H2,1-3H3,(H,20,21). The zero-order valence-corrected chi connectivity index (χ0v) is 14.4. The number of aryl methyl sites for hydroxylation is 1. The second-order valence-corrected chi connectivity index (χ2v) is 5.58. The third-order valence-electron chi connectivity index (χ3n) is 3.81. The van der Waals surface area contributed by atoms with Crippen LogP contribution in [-0.2, 0) is 9.53 Å². The smallest absolute Gasteiger partial charge is 0.342 e. The Balaban J connectivity index is 1.94. The van der Waals surface area contributed by atoms with Crippen molar-refractivity contribution >= 4 is 11.9 Å². The number of carbonyl (C=O) groups is 2. The summed E-state index contributed by atoms with van der Waals surface area (Å²) in [6, 6.07) is 12.0. The molecule has 132 valence electrons. The number of hydrogen-bond acceptors (Lipinski definition) is 5. The van der Waals surface area contributed by atoms with Crippen LogP contribution in [-0.4, -0.2) is 30.7 Å². The minimum atomic E-state index is -0.796. The Bertz CT molecular complexity index is 772. The Morgan fingerprint density at radius 3 is 2.56 bits per heavy atom. The number of nitrogens with one attached hydrogen (secondary N) is 1. The average Bonchev–Trinajstić information content (AvgIpc) is 2.60. The molecule has 0 aliphatic heterocycles. The van der Waals surface area contributed by atoms with E-state index in [1.54, 1.807) is 6.07 Å². The molecule has 1 unspecified atom stereocenters. The molecule has 0 aliphatic carbocycles. The number of aromatic hydroxyl groups is 1. The second-order valence-electron chi connectivity index (χ2n) is 5.58. The molecular weight excluding hydrogens is 322 g/mol. The number of ether oxygens (including phenoxy) is 2. The van der Waals surface area contributed by atoms with Crippen LogP contribution in [0.3, 0.4) is 0 Å². The van der Waals surface area contributed by atoms with E-state index in [1.165, 1.54) is 19.2 Å². The van der Waals surface area contributed by atoms with Gasteiger partial charge in [-0.25, -0.2) is 4.79 Å². The highest BCUT2D eigenvalue weighted by Crippen LogP contribution is 2.29. The van der Waals surface area contributed by atoms with Crippen molar-refractivity contribution < 1.29 is 24.2 Å². The monoisotopic (exact) mass is 343 g/mol. The summed E-state index contributed by atoms with van der Waals surface area (Å²) >= 11 is 0. The Morgan fingerprint density at radius 1 is 1.16 bits per heavy atom. The summed E-state index contributed by atoms with van der Waals surface area (Å²) in [5.74, 6) is -1.38. The van der Waals surface area contributed by atoms with E-state index in [9.17, 15) is 14.7 Å². The highest BCUT2D eigenvalue weighted by Gasteiger charge is 2.18. The average molecular weight is 343 g/mol. The largest absolute Gasteiger partial charge is 0.504 e. The molecule has 0 radical (unpaired) electrons. The molecule has 0 aromatic heterocycles. The van der Waals surface area contributed by atoms with Crippen LogP contribution in [0.15, 0.2) is 42.5 Å². The van der Waals surface area contributed by atoms with Crippen LogP contribution in [0.2, 0.25) is 0 Å². The first kappa shape index (κ1) is 18.3. The SMILES string of the molecule is COc1cccc(C(=O)OCC(=O)NC(C)c2ccccc2C)c1O. The van der Waals surface area contributed by atoms with Crippen molar-refractivity contribution in [2.45, 2.75) is 19.9 Å². The number of amides is 1. The summed E-state index contributed by atoms with van der Waals surface area (Å²) in [6.07, 6.45) is 0. The first-order chi connectivity index (χ1) is 11.9. The number of phenols is 1. The van der Waals surface area contributed by atoms with Crippen LogP contribution < -0.4 is 10.1 Å². The number of para-hydroxylation sites is 1. The van der Waals surface area contributed by atoms with Crippen LogP contribution >= 0.6 is 0 Å². The molecule has 2 N–H and O–H groups in total. The van der Waals surface area contributed by atoms with Crippen molar-refractivity contribution in [2.24, 2.45) is 0 Å². The van der Waals surface area contributed by atoms with Gasteiger partial charge in [-0.15, -0.1) is 0 Å². The fraction of sp³-hybridized carbons (Fsp3) is 0.263. The lowest BCUT2D eigenvalue weighted by Gasteiger charge is -2.16. The first-order valence-electron chi connectivity index (χ1n) is 7.82. The van der Waals surface area contributed by atoms with Crippen LogP contribution in [0, 0.1) is 6.92 Å². The third kappa shape index (κ3) is 4.50. The molecule has 1 amide bonds. The minimum absolute atomic E-state index is 0.0564. The van der Waals surface area contributed by atoms with Crippen LogP contribution in [0.1, 0.15) is 34.5 Å². The Hall–Kier alpha value is -3.02. The number of methoxy groups -OCH3 is 1.